The smallest absolute Gasteiger partial charge is 0.133 e. The van der Waals surface area contributed by atoms with Gasteiger partial charge in [0.05, 0.1) is 11.8 Å². The van der Waals surface area contributed by atoms with Crippen LogP contribution < -0.4 is 0 Å². The van der Waals surface area contributed by atoms with Crippen molar-refractivity contribution in [2.75, 3.05) is 20.2 Å². The zero-order chi connectivity index (χ0) is 10.7. The Balaban J connectivity index is 1.78. The van der Waals surface area contributed by atoms with Crippen molar-refractivity contribution in [2.24, 2.45) is 0 Å². The van der Waals surface area contributed by atoms with Crippen molar-refractivity contribution in [1.82, 2.24) is 10.1 Å². The lowest BCUT2D eigenvalue weighted by atomic mass is 10.2. The minimum atomic E-state index is 0.406. The molecule has 0 spiro atoms. The first-order chi connectivity index (χ1) is 7.24. The fraction of sp³-hybridized carbons (Fsp3) is 0.727. The number of aromatic nitrogens is 1. The van der Waals surface area contributed by atoms with Gasteiger partial charge in [-0.2, -0.15) is 0 Å². The standard InChI is InChI=1S/C11H18N2O2/c1-9-6-10(12-15-9)7-13(2)8-11-4-3-5-14-11/h6,11H,3-5,7-8H2,1-2H3/t11-/m0/s1. The fourth-order valence-electron chi connectivity index (χ4n) is 1.97. The van der Waals surface area contributed by atoms with Gasteiger partial charge in [-0.25, -0.2) is 0 Å². The maximum Gasteiger partial charge on any atom is 0.133 e. The van der Waals surface area contributed by atoms with Crippen LogP contribution in [0.15, 0.2) is 10.6 Å². The van der Waals surface area contributed by atoms with E-state index in [4.69, 9.17) is 9.26 Å². The molecule has 1 aliphatic rings. The second kappa shape index (κ2) is 4.77. The number of rotatable bonds is 4. The third-order valence-corrected chi connectivity index (χ3v) is 2.65. The SMILES string of the molecule is Cc1cc(CN(C)C[C@@H]2CCCO2)no1. The molecule has 2 heterocycles. The maximum absolute atomic E-state index is 5.58. The molecule has 1 aromatic heterocycles. The molecular weight excluding hydrogens is 192 g/mol. The van der Waals surface area contributed by atoms with Crippen LogP contribution in [0.4, 0.5) is 0 Å². The summed E-state index contributed by atoms with van der Waals surface area (Å²) in [6.07, 6.45) is 2.78. The molecule has 15 heavy (non-hydrogen) atoms. The molecule has 2 rings (SSSR count). The van der Waals surface area contributed by atoms with Crippen LogP contribution in [0.5, 0.6) is 0 Å². The average molecular weight is 210 g/mol. The quantitative estimate of drug-likeness (QED) is 0.756. The van der Waals surface area contributed by atoms with E-state index in [9.17, 15) is 0 Å². The average Bonchev–Trinajstić information content (AvgIpc) is 2.77. The molecule has 1 aliphatic heterocycles. The fourth-order valence-corrected chi connectivity index (χ4v) is 1.97. The topological polar surface area (TPSA) is 38.5 Å². The van der Waals surface area contributed by atoms with E-state index in [0.29, 0.717) is 6.10 Å². The van der Waals surface area contributed by atoms with Gasteiger partial charge >= 0.3 is 0 Å². The van der Waals surface area contributed by atoms with E-state index < -0.39 is 0 Å². The van der Waals surface area contributed by atoms with Gasteiger partial charge in [-0.15, -0.1) is 0 Å². The van der Waals surface area contributed by atoms with Crippen LogP contribution in [0.25, 0.3) is 0 Å². The van der Waals surface area contributed by atoms with Crippen molar-refractivity contribution < 1.29 is 9.26 Å². The summed E-state index contributed by atoms with van der Waals surface area (Å²) < 4.78 is 10.6. The van der Waals surface area contributed by atoms with Gasteiger partial charge in [0.25, 0.3) is 0 Å². The molecule has 0 aromatic carbocycles. The first-order valence-corrected chi connectivity index (χ1v) is 5.46. The molecule has 0 bridgehead atoms. The van der Waals surface area contributed by atoms with Crippen LogP contribution in [-0.2, 0) is 11.3 Å². The van der Waals surface area contributed by atoms with E-state index in [1.165, 1.54) is 12.8 Å². The maximum atomic E-state index is 5.58. The van der Waals surface area contributed by atoms with Crippen molar-refractivity contribution >= 4 is 0 Å². The summed E-state index contributed by atoms with van der Waals surface area (Å²) in [6, 6.07) is 1.98. The third kappa shape index (κ3) is 3.04. The first kappa shape index (κ1) is 10.6. The largest absolute Gasteiger partial charge is 0.377 e. The van der Waals surface area contributed by atoms with E-state index in [1.807, 2.05) is 13.0 Å². The summed E-state index contributed by atoms with van der Waals surface area (Å²) >= 11 is 0. The predicted octanol–water partition coefficient (Wildman–Crippen LogP) is 1.59. The van der Waals surface area contributed by atoms with Crippen molar-refractivity contribution in [3.8, 4) is 0 Å². The Morgan fingerprint density at radius 3 is 3.07 bits per heavy atom. The molecule has 1 saturated heterocycles. The number of nitrogens with zero attached hydrogens (tertiary/aromatic N) is 2. The molecule has 0 aliphatic carbocycles. The Morgan fingerprint density at radius 1 is 1.60 bits per heavy atom. The molecule has 0 amide bonds. The number of aryl methyl sites for hydroxylation is 1. The summed E-state index contributed by atoms with van der Waals surface area (Å²) in [5, 5.41) is 3.97. The van der Waals surface area contributed by atoms with Gasteiger partial charge in [0.15, 0.2) is 0 Å². The lowest BCUT2D eigenvalue weighted by molar-refractivity contribution is 0.0787. The molecular formula is C11H18N2O2. The Bertz CT molecular complexity index is 305. The molecule has 1 atom stereocenters. The van der Waals surface area contributed by atoms with Crippen molar-refractivity contribution in [1.29, 1.82) is 0 Å². The normalized spacial score (nSPS) is 21.4. The summed E-state index contributed by atoms with van der Waals surface area (Å²) in [4.78, 5) is 2.23. The van der Waals surface area contributed by atoms with Gasteiger partial charge in [0.1, 0.15) is 5.76 Å². The van der Waals surface area contributed by atoms with Crippen molar-refractivity contribution in [3.63, 3.8) is 0 Å². The Hall–Kier alpha value is -0.870. The highest BCUT2D eigenvalue weighted by Gasteiger charge is 2.17. The second-order valence-corrected chi connectivity index (χ2v) is 4.26. The minimum Gasteiger partial charge on any atom is -0.377 e. The van der Waals surface area contributed by atoms with E-state index in [1.54, 1.807) is 0 Å². The summed E-state index contributed by atoms with van der Waals surface area (Å²) in [5.41, 5.74) is 0.994. The Morgan fingerprint density at radius 2 is 2.47 bits per heavy atom. The van der Waals surface area contributed by atoms with Gasteiger partial charge in [-0.3, -0.25) is 4.90 Å². The molecule has 0 unspecified atom stereocenters. The Kier molecular flexibility index (Phi) is 3.38. The number of ether oxygens (including phenoxy) is 1. The van der Waals surface area contributed by atoms with Crippen LogP contribution in [0.3, 0.4) is 0 Å². The molecule has 4 nitrogen and oxygen atoms in total. The van der Waals surface area contributed by atoms with Crippen LogP contribution in [0.1, 0.15) is 24.3 Å². The van der Waals surface area contributed by atoms with E-state index in [2.05, 4.69) is 17.1 Å². The van der Waals surface area contributed by atoms with Gasteiger partial charge < -0.3 is 9.26 Å². The predicted molar refractivity (Wildman–Crippen MR) is 56.5 cm³/mol. The summed E-state index contributed by atoms with van der Waals surface area (Å²) in [7, 11) is 2.09. The number of hydrogen-bond donors (Lipinski definition) is 0. The summed E-state index contributed by atoms with van der Waals surface area (Å²) in [6.45, 7) is 4.64. The van der Waals surface area contributed by atoms with E-state index in [0.717, 1.165) is 31.2 Å². The van der Waals surface area contributed by atoms with E-state index >= 15 is 0 Å². The molecule has 0 saturated carbocycles. The van der Waals surface area contributed by atoms with Gasteiger partial charge in [-0.05, 0) is 26.8 Å². The van der Waals surface area contributed by atoms with E-state index in [-0.39, 0.29) is 0 Å². The highest BCUT2D eigenvalue weighted by atomic mass is 16.5. The van der Waals surface area contributed by atoms with Crippen molar-refractivity contribution in [3.05, 3.63) is 17.5 Å². The number of hydrogen-bond acceptors (Lipinski definition) is 4. The summed E-state index contributed by atoms with van der Waals surface area (Å²) in [5.74, 6) is 0.871. The van der Waals surface area contributed by atoms with Crippen molar-refractivity contribution in [2.45, 2.75) is 32.4 Å². The minimum absolute atomic E-state index is 0.406. The lowest BCUT2D eigenvalue weighted by Gasteiger charge is -2.18. The molecule has 4 heteroatoms. The highest BCUT2D eigenvalue weighted by molar-refractivity contribution is 5.03. The van der Waals surface area contributed by atoms with Crippen LogP contribution >= 0.6 is 0 Å². The van der Waals surface area contributed by atoms with Crippen LogP contribution in [0, 0.1) is 6.92 Å². The zero-order valence-corrected chi connectivity index (χ0v) is 9.40. The number of likely N-dealkylation sites (N-methyl/N-ethyl adjacent to an activating group) is 1. The van der Waals surface area contributed by atoms with Gasteiger partial charge in [-0.1, -0.05) is 5.16 Å². The molecule has 1 fully saturated rings. The molecule has 0 N–H and O–H groups in total. The monoisotopic (exact) mass is 210 g/mol. The second-order valence-electron chi connectivity index (χ2n) is 4.26. The van der Waals surface area contributed by atoms with Crippen LogP contribution in [0.2, 0.25) is 0 Å². The first-order valence-electron chi connectivity index (χ1n) is 5.46. The third-order valence-electron chi connectivity index (χ3n) is 2.65. The van der Waals surface area contributed by atoms with Crippen LogP contribution in [-0.4, -0.2) is 36.4 Å². The highest BCUT2D eigenvalue weighted by Crippen LogP contribution is 2.13. The molecule has 1 aromatic rings. The lowest BCUT2D eigenvalue weighted by Crippen LogP contribution is -2.28. The van der Waals surface area contributed by atoms with Gasteiger partial charge in [0.2, 0.25) is 0 Å². The zero-order valence-electron chi connectivity index (χ0n) is 9.40. The Labute approximate surface area is 90.2 Å². The van der Waals surface area contributed by atoms with Gasteiger partial charge in [0, 0.05) is 25.8 Å². The molecule has 0 radical (unpaired) electrons. The molecule has 84 valence electrons.